The maximum atomic E-state index is 6.25. The van der Waals surface area contributed by atoms with Crippen molar-refractivity contribution < 1.29 is 0 Å². The molecule has 0 bridgehead atoms. The first-order valence-corrected chi connectivity index (χ1v) is 7.76. The summed E-state index contributed by atoms with van der Waals surface area (Å²) < 4.78 is 0. The second kappa shape index (κ2) is 7.32. The highest BCUT2D eigenvalue weighted by molar-refractivity contribution is 6.31. The Bertz CT molecular complexity index is 680. The van der Waals surface area contributed by atoms with Gasteiger partial charge >= 0.3 is 0 Å². The number of nitrogens with zero attached hydrogens (tertiary/aromatic N) is 2. The first-order chi connectivity index (χ1) is 10.5. The summed E-state index contributed by atoms with van der Waals surface area (Å²) in [6.07, 6.45) is 1.83. The molecule has 1 N–H and O–H groups in total. The van der Waals surface area contributed by atoms with Gasteiger partial charge < -0.3 is 10.2 Å². The van der Waals surface area contributed by atoms with Gasteiger partial charge in [0, 0.05) is 30.0 Å². The van der Waals surface area contributed by atoms with Crippen molar-refractivity contribution in [3.8, 4) is 0 Å². The molecule has 22 heavy (non-hydrogen) atoms. The van der Waals surface area contributed by atoms with Gasteiger partial charge in [-0.2, -0.15) is 0 Å². The average Bonchev–Trinajstić information content (AvgIpc) is 2.50. The molecular weight excluding hydrogens is 294 g/mol. The molecule has 0 unspecified atom stereocenters. The van der Waals surface area contributed by atoms with Crippen molar-refractivity contribution in [1.82, 2.24) is 4.90 Å². The van der Waals surface area contributed by atoms with E-state index in [1.54, 1.807) is 0 Å². The maximum absolute atomic E-state index is 6.25. The highest BCUT2D eigenvalue weighted by atomic mass is 35.5. The van der Waals surface area contributed by atoms with Gasteiger partial charge in [-0.05, 0) is 50.1 Å². The van der Waals surface area contributed by atoms with Crippen molar-refractivity contribution in [3.63, 3.8) is 0 Å². The van der Waals surface area contributed by atoms with Crippen molar-refractivity contribution in [2.45, 2.75) is 20.8 Å². The monoisotopic (exact) mass is 315 g/mol. The fraction of sp³-hybridized carbons (Fsp3) is 0.278. The van der Waals surface area contributed by atoms with Crippen molar-refractivity contribution in [1.29, 1.82) is 0 Å². The lowest BCUT2D eigenvalue weighted by Gasteiger charge is -2.15. The van der Waals surface area contributed by atoms with E-state index in [1.165, 1.54) is 5.56 Å². The Balaban J connectivity index is 2.35. The quantitative estimate of drug-likeness (QED) is 0.598. The normalized spacial score (nSPS) is 11.0. The second-order valence-corrected chi connectivity index (χ2v) is 5.79. The van der Waals surface area contributed by atoms with Gasteiger partial charge in [-0.3, -0.25) is 0 Å². The third kappa shape index (κ3) is 4.01. The summed E-state index contributed by atoms with van der Waals surface area (Å²) in [5, 5.41) is 4.13. The molecule has 0 radical (unpaired) electrons. The van der Waals surface area contributed by atoms with E-state index >= 15 is 0 Å². The average molecular weight is 316 g/mol. The molecule has 2 rings (SSSR count). The van der Waals surface area contributed by atoms with Gasteiger partial charge in [0.2, 0.25) is 0 Å². The van der Waals surface area contributed by atoms with Crippen LogP contribution in [0.1, 0.15) is 18.1 Å². The minimum absolute atomic E-state index is 0.674. The van der Waals surface area contributed by atoms with Crippen LogP contribution < -0.4 is 5.32 Å². The van der Waals surface area contributed by atoms with Gasteiger partial charge in [0.25, 0.3) is 0 Å². The number of aliphatic imine (C=N–C) groups is 1. The zero-order valence-corrected chi connectivity index (χ0v) is 14.3. The van der Waals surface area contributed by atoms with E-state index < -0.39 is 0 Å². The lowest BCUT2D eigenvalue weighted by Crippen LogP contribution is -2.14. The van der Waals surface area contributed by atoms with Gasteiger partial charge in [0.15, 0.2) is 0 Å². The number of nitrogens with one attached hydrogen (secondary N) is 1. The lowest BCUT2D eigenvalue weighted by molar-refractivity contribution is 0.552. The summed E-state index contributed by atoms with van der Waals surface area (Å²) >= 11 is 6.25. The number of hydrogen-bond acceptors (Lipinski definition) is 2. The van der Waals surface area contributed by atoms with Crippen molar-refractivity contribution in [3.05, 3.63) is 52.5 Å². The van der Waals surface area contributed by atoms with Crippen molar-refractivity contribution in [2.75, 3.05) is 18.9 Å². The van der Waals surface area contributed by atoms with E-state index in [4.69, 9.17) is 11.6 Å². The molecule has 2 aromatic rings. The summed E-state index contributed by atoms with van der Waals surface area (Å²) in [6.45, 7) is 7.13. The SMILES string of the molecule is CCN(C)C=Nc1cc(Cl)cc(Nc2ccccc2C)c1C. The van der Waals surface area contributed by atoms with Crippen LogP contribution in [0.2, 0.25) is 5.02 Å². The van der Waals surface area contributed by atoms with Crippen LogP contribution in [0.15, 0.2) is 41.4 Å². The Hall–Kier alpha value is -2.00. The van der Waals surface area contributed by atoms with Crippen molar-refractivity contribution >= 4 is 35.0 Å². The summed E-state index contributed by atoms with van der Waals surface area (Å²) in [5.74, 6) is 0. The van der Waals surface area contributed by atoms with E-state index in [0.717, 1.165) is 29.2 Å². The molecular formula is C18H22ClN3. The van der Waals surface area contributed by atoms with E-state index in [-0.39, 0.29) is 0 Å². The van der Waals surface area contributed by atoms with Gasteiger partial charge in [-0.15, -0.1) is 0 Å². The maximum Gasteiger partial charge on any atom is 0.0909 e. The molecule has 0 amide bonds. The fourth-order valence-corrected chi connectivity index (χ4v) is 2.24. The van der Waals surface area contributed by atoms with Crippen LogP contribution in [0.25, 0.3) is 0 Å². The van der Waals surface area contributed by atoms with Crippen LogP contribution in [0, 0.1) is 13.8 Å². The molecule has 0 heterocycles. The molecule has 4 heteroatoms. The predicted molar refractivity (Wildman–Crippen MR) is 97.1 cm³/mol. The zero-order chi connectivity index (χ0) is 16.1. The number of halogens is 1. The fourth-order valence-electron chi connectivity index (χ4n) is 2.03. The zero-order valence-electron chi connectivity index (χ0n) is 13.5. The van der Waals surface area contributed by atoms with Gasteiger partial charge in [0.05, 0.1) is 12.0 Å². The summed E-state index contributed by atoms with van der Waals surface area (Å²) in [5.41, 5.74) is 5.21. The van der Waals surface area contributed by atoms with Crippen LogP contribution >= 0.6 is 11.6 Å². The minimum Gasteiger partial charge on any atom is -0.366 e. The van der Waals surface area contributed by atoms with E-state index in [2.05, 4.69) is 43.2 Å². The topological polar surface area (TPSA) is 27.6 Å². The third-order valence-corrected chi connectivity index (χ3v) is 3.87. The largest absolute Gasteiger partial charge is 0.366 e. The van der Waals surface area contributed by atoms with Crippen LogP contribution in [0.3, 0.4) is 0 Å². The standard InChI is InChI=1S/C18H22ClN3/c1-5-22(4)12-20-17-10-15(19)11-18(14(17)3)21-16-9-7-6-8-13(16)2/h6-12,21H,5H2,1-4H3. The lowest BCUT2D eigenvalue weighted by atomic mass is 10.1. The molecule has 0 aliphatic rings. The number of benzene rings is 2. The summed E-state index contributed by atoms with van der Waals surface area (Å²) in [4.78, 5) is 6.56. The molecule has 0 fully saturated rings. The van der Waals surface area contributed by atoms with E-state index in [9.17, 15) is 0 Å². The summed E-state index contributed by atoms with van der Waals surface area (Å²) in [6, 6.07) is 12.0. The molecule has 3 nitrogen and oxygen atoms in total. The smallest absolute Gasteiger partial charge is 0.0909 e. The molecule has 0 saturated carbocycles. The van der Waals surface area contributed by atoms with Gasteiger partial charge in [0.1, 0.15) is 0 Å². The first kappa shape index (κ1) is 16.4. The molecule has 0 spiro atoms. The van der Waals surface area contributed by atoms with Crippen molar-refractivity contribution in [2.24, 2.45) is 4.99 Å². The van der Waals surface area contributed by atoms with Crippen LogP contribution in [-0.2, 0) is 0 Å². The van der Waals surface area contributed by atoms with Crippen LogP contribution in [0.4, 0.5) is 17.1 Å². The molecule has 0 aliphatic heterocycles. The molecule has 0 saturated heterocycles. The number of para-hydroxylation sites is 1. The Morgan fingerprint density at radius 1 is 1.18 bits per heavy atom. The third-order valence-electron chi connectivity index (χ3n) is 3.65. The Kier molecular flexibility index (Phi) is 5.45. The highest BCUT2D eigenvalue weighted by Crippen LogP contribution is 2.33. The minimum atomic E-state index is 0.674. The molecule has 0 atom stereocenters. The van der Waals surface area contributed by atoms with Gasteiger partial charge in [-0.25, -0.2) is 4.99 Å². The number of anilines is 2. The second-order valence-electron chi connectivity index (χ2n) is 5.36. The van der Waals surface area contributed by atoms with E-state index in [1.807, 2.05) is 42.6 Å². The number of hydrogen-bond donors (Lipinski definition) is 1. The van der Waals surface area contributed by atoms with Crippen LogP contribution in [0.5, 0.6) is 0 Å². The number of rotatable bonds is 5. The molecule has 0 aliphatic carbocycles. The molecule has 0 aromatic heterocycles. The summed E-state index contributed by atoms with van der Waals surface area (Å²) in [7, 11) is 2.00. The molecule has 116 valence electrons. The first-order valence-electron chi connectivity index (χ1n) is 7.38. The Morgan fingerprint density at radius 2 is 1.91 bits per heavy atom. The van der Waals surface area contributed by atoms with Crippen LogP contribution in [-0.4, -0.2) is 24.8 Å². The molecule has 2 aromatic carbocycles. The number of aryl methyl sites for hydroxylation is 1. The highest BCUT2D eigenvalue weighted by Gasteiger charge is 2.07. The Morgan fingerprint density at radius 3 is 2.59 bits per heavy atom. The van der Waals surface area contributed by atoms with E-state index in [0.29, 0.717) is 5.02 Å². The Labute approximate surface area is 137 Å². The van der Waals surface area contributed by atoms with Gasteiger partial charge in [-0.1, -0.05) is 29.8 Å². The predicted octanol–water partition coefficient (Wildman–Crippen LogP) is 5.31.